The van der Waals surface area contributed by atoms with Crippen molar-refractivity contribution in [2.75, 3.05) is 20.1 Å². The number of pyridine rings is 1. The van der Waals surface area contributed by atoms with Crippen LogP contribution < -0.4 is 11.1 Å². The Morgan fingerprint density at radius 2 is 2.00 bits per heavy atom. The Hall–Kier alpha value is -2.59. The second kappa shape index (κ2) is 12.4. The summed E-state index contributed by atoms with van der Waals surface area (Å²) >= 11 is 1.50. The van der Waals surface area contributed by atoms with Gasteiger partial charge in [-0.2, -0.15) is 5.26 Å². The molecular formula is C26H34N4OS. The molecule has 0 amide bonds. The number of nitrogens with two attached hydrogens (primary N) is 1. The first kappa shape index (κ1) is 25.7. The Labute approximate surface area is 195 Å². The van der Waals surface area contributed by atoms with E-state index in [0.29, 0.717) is 11.0 Å². The summed E-state index contributed by atoms with van der Waals surface area (Å²) < 4.78 is 0. The molecule has 32 heavy (non-hydrogen) atoms. The van der Waals surface area contributed by atoms with E-state index in [4.69, 9.17) is 16.0 Å². The number of aromatic nitrogens is 1. The lowest BCUT2D eigenvalue weighted by Gasteiger charge is -2.34. The Morgan fingerprint density at radius 1 is 1.28 bits per heavy atom. The van der Waals surface area contributed by atoms with Gasteiger partial charge in [0.25, 0.3) is 0 Å². The minimum Gasteiger partial charge on any atom is -0.329 e. The van der Waals surface area contributed by atoms with Gasteiger partial charge in [-0.25, -0.2) is 4.98 Å². The van der Waals surface area contributed by atoms with Crippen LogP contribution in [-0.2, 0) is 12.8 Å². The largest absolute Gasteiger partial charge is 0.329 e. The summed E-state index contributed by atoms with van der Waals surface area (Å²) in [7, 11) is 1.88. The number of carbonyl (C=O) groups is 1. The van der Waals surface area contributed by atoms with E-state index in [-0.39, 0.29) is 0 Å². The molecule has 0 radical (unpaired) electrons. The highest BCUT2D eigenvalue weighted by molar-refractivity contribution is 7.20. The van der Waals surface area contributed by atoms with Crippen molar-refractivity contribution < 1.29 is 4.79 Å². The molecule has 1 aromatic carbocycles. The number of hydrogen-bond acceptors (Lipinski definition) is 6. The fourth-order valence-electron chi connectivity index (χ4n) is 3.60. The molecule has 0 saturated heterocycles. The molecule has 1 atom stereocenters. The van der Waals surface area contributed by atoms with Gasteiger partial charge in [0.1, 0.15) is 4.83 Å². The molecule has 2 aromatic heterocycles. The molecule has 1 unspecified atom stereocenters. The normalized spacial score (nSPS) is 14.8. The fraction of sp³-hybridized carbons (Fsp3) is 0.423. The highest BCUT2D eigenvalue weighted by Gasteiger charge is 2.29. The van der Waals surface area contributed by atoms with Gasteiger partial charge in [-0.1, -0.05) is 39.0 Å². The van der Waals surface area contributed by atoms with E-state index < -0.39 is 0 Å². The molecule has 1 aliphatic rings. The number of rotatable bonds is 3. The van der Waals surface area contributed by atoms with Crippen molar-refractivity contribution in [1.82, 2.24) is 10.3 Å². The molecule has 0 spiro atoms. The molecule has 0 bridgehead atoms. The van der Waals surface area contributed by atoms with E-state index in [1.165, 1.54) is 29.0 Å². The number of hydrogen-bond donors (Lipinski definition) is 2. The molecule has 3 N–H and O–H groups in total. The average molecular weight is 451 g/mol. The number of nitriles is 1. The van der Waals surface area contributed by atoms with Crippen LogP contribution in [0.5, 0.6) is 0 Å². The number of aldehydes is 1. The maximum Gasteiger partial charge on any atom is 0.160 e. The van der Waals surface area contributed by atoms with Crippen LogP contribution in [0.15, 0.2) is 42.5 Å². The van der Waals surface area contributed by atoms with Crippen molar-refractivity contribution in [3.63, 3.8) is 0 Å². The van der Waals surface area contributed by atoms with E-state index in [1.807, 2.05) is 37.4 Å². The Bertz CT molecular complexity index is 1030. The van der Waals surface area contributed by atoms with Gasteiger partial charge in [-0.15, -0.1) is 11.3 Å². The Kier molecular flexibility index (Phi) is 9.98. The van der Waals surface area contributed by atoms with Crippen molar-refractivity contribution in [3.05, 3.63) is 64.2 Å². The Balaban J connectivity index is 0.000000231. The summed E-state index contributed by atoms with van der Waals surface area (Å²) in [4.78, 5) is 17.4. The molecule has 0 saturated carbocycles. The zero-order valence-electron chi connectivity index (χ0n) is 19.5. The maximum absolute atomic E-state index is 10.9. The van der Waals surface area contributed by atoms with Crippen LogP contribution in [0, 0.1) is 22.7 Å². The second-order valence-electron chi connectivity index (χ2n) is 8.93. The molecule has 3 aromatic rings. The van der Waals surface area contributed by atoms with Crippen LogP contribution >= 0.6 is 11.3 Å². The lowest BCUT2D eigenvalue weighted by Crippen LogP contribution is -2.27. The zero-order valence-corrected chi connectivity index (χ0v) is 20.3. The van der Waals surface area contributed by atoms with E-state index >= 15 is 0 Å². The number of thiophene rings is 1. The van der Waals surface area contributed by atoms with Crippen molar-refractivity contribution in [2.45, 2.75) is 40.0 Å². The highest BCUT2D eigenvalue weighted by atomic mass is 32.1. The third-order valence-corrected chi connectivity index (χ3v) is 6.50. The van der Waals surface area contributed by atoms with Gasteiger partial charge in [-0.05, 0) is 67.5 Å². The predicted molar refractivity (Wildman–Crippen MR) is 134 cm³/mol. The number of nitrogens with zero attached hydrogens (tertiary/aromatic N) is 2. The summed E-state index contributed by atoms with van der Waals surface area (Å²) in [5.41, 5.74) is 8.77. The molecule has 4 rings (SSSR count). The molecule has 0 aliphatic heterocycles. The molecule has 6 heteroatoms. The number of nitrogens with one attached hydrogen (secondary N) is 1. The van der Waals surface area contributed by atoms with E-state index in [1.54, 1.807) is 12.1 Å². The topological polar surface area (TPSA) is 91.8 Å². The molecule has 5 nitrogen and oxygen atoms in total. The minimum absolute atomic E-state index is 0.356. The van der Waals surface area contributed by atoms with Crippen LogP contribution in [0.4, 0.5) is 0 Å². The lowest BCUT2D eigenvalue weighted by atomic mass is 9.71. The standard InChI is InChI=1S/C16H19NOS.C7H5N.C3H10N2/c1-16(2,3)12-4-5-14-10(7-12)6-11-8-13(9-18)19-15(11)17-14;8-6-7-4-2-1-3-5-7;1-5-3-2-4/h6,8-9,12H,4-5,7H2,1-3H3;1-5H;5H,2-4H2,1H3. The molecular weight excluding hydrogens is 416 g/mol. The number of likely N-dealkylation sites (N-methyl/N-ethyl adjacent to an activating group) is 1. The SMILES string of the molecule is CC(C)(C)C1CCc2nc3sc(C=O)cc3cc2C1.CNCCN.N#Cc1ccccc1. The van der Waals surface area contributed by atoms with Crippen LogP contribution in [0.2, 0.25) is 0 Å². The van der Waals surface area contributed by atoms with Crippen molar-refractivity contribution >= 4 is 27.8 Å². The number of carbonyl (C=O) groups excluding carboxylic acids is 1. The monoisotopic (exact) mass is 450 g/mol. The third-order valence-electron chi connectivity index (χ3n) is 5.53. The van der Waals surface area contributed by atoms with E-state index in [0.717, 1.165) is 53.2 Å². The van der Waals surface area contributed by atoms with Crippen LogP contribution in [0.25, 0.3) is 10.2 Å². The number of benzene rings is 1. The van der Waals surface area contributed by atoms with Gasteiger partial charge in [0.05, 0.1) is 16.5 Å². The summed E-state index contributed by atoms with van der Waals surface area (Å²) in [5, 5.41) is 12.3. The summed E-state index contributed by atoms with van der Waals surface area (Å²) in [5.74, 6) is 0.725. The second-order valence-corrected chi connectivity index (χ2v) is 9.99. The smallest absolute Gasteiger partial charge is 0.160 e. The van der Waals surface area contributed by atoms with Gasteiger partial charge in [-0.3, -0.25) is 4.79 Å². The van der Waals surface area contributed by atoms with Gasteiger partial charge in [0.2, 0.25) is 0 Å². The van der Waals surface area contributed by atoms with Gasteiger partial charge >= 0.3 is 0 Å². The maximum atomic E-state index is 10.9. The number of aryl methyl sites for hydroxylation is 1. The first-order valence-electron chi connectivity index (χ1n) is 11.0. The predicted octanol–water partition coefficient (Wildman–Crippen LogP) is 4.98. The zero-order chi connectivity index (χ0) is 23.6. The van der Waals surface area contributed by atoms with Crippen LogP contribution in [-0.4, -0.2) is 31.4 Å². The minimum atomic E-state index is 0.356. The van der Waals surface area contributed by atoms with Crippen molar-refractivity contribution in [2.24, 2.45) is 17.1 Å². The van der Waals surface area contributed by atoms with Crippen molar-refractivity contribution in [3.8, 4) is 6.07 Å². The van der Waals surface area contributed by atoms with Crippen molar-refractivity contribution in [1.29, 1.82) is 5.26 Å². The van der Waals surface area contributed by atoms with Gasteiger partial charge < -0.3 is 11.1 Å². The van der Waals surface area contributed by atoms with Gasteiger partial charge in [0.15, 0.2) is 6.29 Å². The summed E-state index contributed by atoms with van der Waals surface area (Å²) in [6.07, 6.45) is 4.33. The molecule has 1 aliphatic carbocycles. The molecule has 0 fully saturated rings. The first-order chi connectivity index (χ1) is 15.3. The Morgan fingerprint density at radius 3 is 2.50 bits per heavy atom. The first-order valence-corrected chi connectivity index (χ1v) is 11.8. The summed E-state index contributed by atoms with van der Waals surface area (Å²) in [6, 6.07) is 15.4. The van der Waals surface area contributed by atoms with E-state index in [9.17, 15) is 4.79 Å². The van der Waals surface area contributed by atoms with Crippen LogP contribution in [0.1, 0.15) is 53.7 Å². The lowest BCUT2D eigenvalue weighted by molar-refractivity contribution is 0.112. The van der Waals surface area contributed by atoms with Crippen LogP contribution in [0.3, 0.4) is 0 Å². The third kappa shape index (κ3) is 7.52. The number of fused-ring (bicyclic) bond motifs is 2. The average Bonchev–Trinajstić information content (AvgIpc) is 3.20. The fourth-order valence-corrected chi connectivity index (χ4v) is 4.45. The highest BCUT2D eigenvalue weighted by Crippen LogP contribution is 2.38. The quantitative estimate of drug-likeness (QED) is 0.549. The van der Waals surface area contributed by atoms with E-state index in [2.05, 4.69) is 32.2 Å². The molecule has 2 heterocycles. The molecule has 170 valence electrons. The summed E-state index contributed by atoms with van der Waals surface area (Å²) in [6.45, 7) is 8.62. The van der Waals surface area contributed by atoms with Gasteiger partial charge in [0, 0.05) is 24.2 Å².